The van der Waals surface area contributed by atoms with E-state index in [9.17, 15) is 4.79 Å². The van der Waals surface area contributed by atoms with E-state index < -0.39 is 5.91 Å². The van der Waals surface area contributed by atoms with Crippen molar-refractivity contribution in [2.24, 2.45) is 10.7 Å². The van der Waals surface area contributed by atoms with E-state index in [0.717, 1.165) is 45.0 Å². The molecule has 0 aliphatic rings. The van der Waals surface area contributed by atoms with Crippen LogP contribution in [-0.2, 0) is 17.8 Å². The third-order valence-corrected chi connectivity index (χ3v) is 5.20. The summed E-state index contributed by atoms with van der Waals surface area (Å²) in [4.78, 5) is 17.9. The molecule has 2 aromatic carbocycles. The van der Waals surface area contributed by atoms with Gasteiger partial charge < -0.3 is 21.1 Å². The lowest BCUT2D eigenvalue weighted by atomic mass is 10.1. The van der Waals surface area contributed by atoms with E-state index >= 15 is 0 Å². The number of carbonyl (C=O) groups is 1. The Kier molecular flexibility index (Phi) is 11.1. The fourth-order valence-corrected chi connectivity index (χ4v) is 3.18. The molecule has 1 amide bonds. The van der Waals surface area contributed by atoms with E-state index in [1.165, 1.54) is 11.1 Å². The first-order valence-electron chi connectivity index (χ1n) is 11.2. The molecule has 1 atom stereocenters. The van der Waals surface area contributed by atoms with Gasteiger partial charge in [-0.25, -0.2) is 0 Å². The predicted octanol–water partition coefficient (Wildman–Crippen LogP) is 2.56. The van der Waals surface area contributed by atoms with Crippen LogP contribution < -0.4 is 21.1 Å². The lowest BCUT2D eigenvalue weighted by molar-refractivity contribution is -0.119. The number of aliphatic imine (C=N–C) groups is 1. The molecule has 0 aliphatic carbocycles. The zero-order valence-corrected chi connectivity index (χ0v) is 19.5. The van der Waals surface area contributed by atoms with Crippen LogP contribution in [0.4, 0.5) is 0 Å². The number of ether oxygens (including phenoxy) is 1. The minimum Gasteiger partial charge on any atom is -0.484 e. The summed E-state index contributed by atoms with van der Waals surface area (Å²) in [6.07, 6.45) is 1.85. The summed E-state index contributed by atoms with van der Waals surface area (Å²) in [6.45, 7) is 7.51. The summed E-state index contributed by atoms with van der Waals surface area (Å²) in [5.41, 5.74) is 7.60. The van der Waals surface area contributed by atoms with Gasteiger partial charge in [-0.05, 0) is 57.0 Å². The predicted molar refractivity (Wildman–Crippen MR) is 131 cm³/mol. The summed E-state index contributed by atoms with van der Waals surface area (Å²) < 4.78 is 5.29. The van der Waals surface area contributed by atoms with Crippen LogP contribution in [0.15, 0.2) is 59.6 Å². The number of hydrogen-bond donors (Lipinski definition) is 3. The molecule has 174 valence electrons. The molecule has 2 aromatic rings. The molecule has 7 nitrogen and oxygen atoms in total. The van der Waals surface area contributed by atoms with Crippen LogP contribution in [0.1, 0.15) is 31.4 Å². The Balaban J connectivity index is 1.74. The number of amides is 1. The average Bonchev–Trinajstić information content (AvgIpc) is 2.79. The van der Waals surface area contributed by atoms with Crippen molar-refractivity contribution >= 4 is 11.9 Å². The van der Waals surface area contributed by atoms with E-state index in [-0.39, 0.29) is 6.61 Å². The first kappa shape index (κ1) is 25.2. The van der Waals surface area contributed by atoms with Gasteiger partial charge in [-0.3, -0.25) is 14.7 Å². The van der Waals surface area contributed by atoms with Crippen LogP contribution in [0.2, 0.25) is 0 Å². The first-order valence-corrected chi connectivity index (χ1v) is 11.2. The maximum atomic E-state index is 10.8. The lowest BCUT2D eigenvalue weighted by Gasteiger charge is -2.24. The third-order valence-electron chi connectivity index (χ3n) is 5.20. The van der Waals surface area contributed by atoms with Gasteiger partial charge in [0.25, 0.3) is 5.91 Å². The van der Waals surface area contributed by atoms with Crippen molar-refractivity contribution in [1.29, 1.82) is 0 Å². The molecule has 2 rings (SSSR count). The highest BCUT2D eigenvalue weighted by Crippen LogP contribution is 2.12. The summed E-state index contributed by atoms with van der Waals surface area (Å²) >= 11 is 0. The summed E-state index contributed by atoms with van der Waals surface area (Å²) in [5.74, 6) is 0.999. The molecule has 0 bridgehead atoms. The van der Waals surface area contributed by atoms with Gasteiger partial charge in [0.15, 0.2) is 12.6 Å². The van der Waals surface area contributed by atoms with Gasteiger partial charge >= 0.3 is 0 Å². The highest BCUT2D eigenvalue weighted by Gasteiger charge is 2.09. The van der Waals surface area contributed by atoms with Crippen LogP contribution in [0.25, 0.3) is 0 Å². The van der Waals surface area contributed by atoms with Crippen LogP contribution in [0.3, 0.4) is 0 Å². The molecule has 7 heteroatoms. The third kappa shape index (κ3) is 9.83. The van der Waals surface area contributed by atoms with Gasteiger partial charge in [0, 0.05) is 32.2 Å². The number of rotatable bonds is 13. The molecular weight excluding hydrogens is 402 g/mol. The van der Waals surface area contributed by atoms with Crippen molar-refractivity contribution < 1.29 is 9.53 Å². The molecule has 0 saturated carbocycles. The Labute approximate surface area is 192 Å². The normalized spacial score (nSPS) is 12.4. The fraction of sp³-hybridized carbons (Fsp3) is 0.440. The molecule has 4 N–H and O–H groups in total. The van der Waals surface area contributed by atoms with E-state index in [4.69, 9.17) is 15.5 Å². The van der Waals surface area contributed by atoms with E-state index in [0.29, 0.717) is 11.8 Å². The van der Waals surface area contributed by atoms with Gasteiger partial charge in [-0.2, -0.15) is 0 Å². The molecule has 1 unspecified atom stereocenters. The molecule has 0 aliphatic heterocycles. The fourth-order valence-electron chi connectivity index (χ4n) is 3.18. The highest BCUT2D eigenvalue weighted by atomic mass is 16.5. The van der Waals surface area contributed by atoms with Crippen molar-refractivity contribution in [2.75, 3.05) is 33.3 Å². The van der Waals surface area contributed by atoms with Crippen LogP contribution >= 0.6 is 0 Å². The minimum absolute atomic E-state index is 0.107. The Morgan fingerprint density at radius 3 is 2.47 bits per heavy atom. The molecule has 0 saturated heterocycles. The number of carbonyl (C=O) groups excluding carboxylic acids is 1. The summed E-state index contributed by atoms with van der Waals surface area (Å²) in [7, 11) is 2.16. The summed E-state index contributed by atoms with van der Waals surface area (Å²) in [6, 6.07) is 18.7. The topological polar surface area (TPSA) is 92.0 Å². The molecule has 0 fully saturated rings. The Bertz CT molecular complexity index is 824. The van der Waals surface area contributed by atoms with Crippen molar-refractivity contribution in [3.8, 4) is 5.75 Å². The number of benzene rings is 2. The lowest BCUT2D eigenvalue weighted by Crippen LogP contribution is -2.38. The number of guanidine groups is 1. The largest absolute Gasteiger partial charge is 0.484 e. The highest BCUT2D eigenvalue weighted by molar-refractivity contribution is 5.79. The second-order valence-electron chi connectivity index (χ2n) is 7.87. The molecule has 0 aromatic heterocycles. The number of primary amides is 1. The Morgan fingerprint density at radius 2 is 1.81 bits per heavy atom. The van der Waals surface area contributed by atoms with Gasteiger partial charge in [-0.15, -0.1) is 0 Å². The van der Waals surface area contributed by atoms with Gasteiger partial charge in [-0.1, -0.05) is 42.5 Å². The summed E-state index contributed by atoms with van der Waals surface area (Å²) in [5, 5.41) is 6.71. The van der Waals surface area contributed by atoms with Crippen LogP contribution in [-0.4, -0.2) is 56.1 Å². The van der Waals surface area contributed by atoms with E-state index in [1.54, 1.807) is 0 Å². The molecule has 0 heterocycles. The number of nitrogens with two attached hydrogens (primary N) is 1. The number of nitrogens with one attached hydrogen (secondary N) is 2. The molecule has 0 spiro atoms. The van der Waals surface area contributed by atoms with Crippen LogP contribution in [0.5, 0.6) is 5.75 Å². The standard InChI is InChI=1S/C25H37N5O2/c1-4-27-25(28-16-14-20(2)30(3)18-22-8-6-5-7-9-22)29-17-15-21-10-12-23(13-11-21)32-19-24(26)31/h5-13,20H,4,14-19H2,1-3H3,(H2,26,31)(H2,27,28,29). The Morgan fingerprint density at radius 1 is 1.09 bits per heavy atom. The first-order chi connectivity index (χ1) is 15.5. The second-order valence-corrected chi connectivity index (χ2v) is 7.87. The van der Waals surface area contributed by atoms with Crippen molar-refractivity contribution in [1.82, 2.24) is 15.5 Å². The van der Waals surface area contributed by atoms with E-state index in [2.05, 4.69) is 60.7 Å². The Hall–Kier alpha value is -3.06. The molecule has 0 radical (unpaired) electrons. The maximum absolute atomic E-state index is 10.8. The monoisotopic (exact) mass is 439 g/mol. The number of hydrogen-bond acceptors (Lipinski definition) is 4. The van der Waals surface area contributed by atoms with Crippen molar-refractivity contribution in [3.63, 3.8) is 0 Å². The zero-order chi connectivity index (χ0) is 23.2. The van der Waals surface area contributed by atoms with Crippen molar-refractivity contribution in [2.45, 2.75) is 39.3 Å². The van der Waals surface area contributed by atoms with Crippen LogP contribution in [0, 0.1) is 0 Å². The zero-order valence-electron chi connectivity index (χ0n) is 19.5. The minimum atomic E-state index is -0.481. The second kappa shape index (κ2) is 14.1. The van der Waals surface area contributed by atoms with Gasteiger partial charge in [0.2, 0.25) is 0 Å². The quantitative estimate of drug-likeness (QED) is 0.330. The average molecular weight is 440 g/mol. The SMILES string of the molecule is CCNC(=NCCC(C)N(C)Cc1ccccc1)NCCc1ccc(OCC(N)=O)cc1. The number of nitrogens with zero attached hydrogens (tertiary/aromatic N) is 2. The van der Waals surface area contributed by atoms with Gasteiger partial charge in [0.05, 0.1) is 0 Å². The van der Waals surface area contributed by atoms with Crippen molar-refractivity contribution in [3.05, 3.63) is 65.7 Å². The van der Waals surface area contributed by atoms with E-state index in [1.807, 2.05) is 30.3 Å². The molecular formula is C25H37N5O2. The van der Waals surface area contributed by atoms with Gasteiger partial charge in [0.1, 0.15) is 5.75 Å². The smallest absolute Gasteiger partial charge is 0.255 e. The maximum Gasteiger partial charge on any atom is 0.255 e. The molecule has 32 heavy (non-hydrogen) atoms.